The Morgan fingerprint density at radius 1 is 1.37 bits per heavy atom. The number of nitro benzene ring substituents is 1. The van der Waals surface area contributed by atoms with Gasteiger partial charge in [0.25, 0.3) is 5.69 Å². The molecular formula is C14H23N3O2. The second kappa shape index (κ2) is 6.63. The van der Waals surface area contributed by atoms with Crippen LogP contribution in [-0.2, 0) is 6.54 Å². The quantitative estimate of drug-likeness (QED) is 0.607. The maximum Gasteiger partial charge on any atom is 0.273 e. The minimum atomic E-state index is -0.322. The summed E-state index contributed by atoms with van der Waals surface area (Å²) in [6.07, 6.45) is 0. The predicted octanol–water partition coefficient (Wildman–Crippen LogP) is 2.40. The lowest BCUT2D eigenvalue weighted by atomic mass is 9.93. The summed E-state index contributed by atoms with van der Waals surface area (Å²) < 4.78 is 0. The van der Waals surface area contributed by atoms with Crippen LogP contribution < -0.4 is 5.73 Å². The molecule has 0 aliphatic heterocycles. The Hall–Kier alpha value is -1.46. The number of para-hydroxylation sites is 1. The van der Waals surface area contributed by atoms with E-state index in [1.54, 1.807) is 12.1 Å². The Balaban J connectivity index is 2.84. The van der Waals surface area contributed by atoms with Crippen molar-refractivity contribution in [2.75, 3.05) is 19.6 Å². The molecule has 1 aromatic rings. The lowest BCUT2D eigenvalue weighted by Crippen LogP contribution is -2.38. The monoisotopic (exact) mass is 265 g/mol. The highest BCUT2D eigenvalue weighted by Gasteiger charge is 2.21. The van der Waals surface area contributed by atoms with Crippen LogP contribution in [0.1, 0.15) is 26.3 Å². The molecule has 0 aromatic heterocycles. The molecule has 0 saturated carbocycles. The largest absolute Gasteiger partial charge is 0.330 e. The van der Waals surface area contributed by atoms with Crippen molar-refractivity contribution >= 4 is 5.69 Å². The van der Waals surface area contributed by atoms with Crippen molar-refractivity contribution in [2.45, 2.75) is 27.3 Å². The summed E-state index contributed by atoms with van der Waals surface area (Å²) in [5, 5.41) is 11.0. The number of nitro groups is 1. The summed E-state index contributed by atoms with van der Waals surface area (Å²) in [6, 6.07) is 6.90. The minimum absolute atomic E-state index is 0.0135. The lowest BCUT2D eigenvalue weighted by molar-refractivity contribution is -0.385. The number of hydrogen-bond donors (Lipinski definition) is 1. The molecule has 0 heterocycles. The van der Waals surface area contributed by atoms with Gasteiger partial charge in [0.15, 0.2) is 0 Å². The van der Waals surface area contributed by atoms with Crippen molar-refractivity contribution in [2.24, 2.45) is 11.1 Å². The summed E-state index contributed by atoms with van der Waals surface area (Å²) in [7, 11) is 0. The Morgan fingerprint density at radius 3 is 2.53 bits per heavy atom. The zero-order chi connectivity index (χ0) is 14.5. The Bertz CT molecular complexity index is 432. The maximum absolute atomic E-state index is 11.0. The Kier molecular flexibility index (Phi) is 5.44. The van der Waals surface area contributed by atoms with Crippen LogP contribution in [0.15, 0.2) is 24.3 Å². The Morgan fingerprint density at radius 2 is 2.00 bits per heavy atom. The van der Waals surface area contributed by atoms with Crippen LogP contribution in [-0.4, -0.2) is 29.5 Å². The second-order valence-electron chi connectivity index (χ2n) is 5.56. The molecule has 0 aliphatic rings. The summed E-state index contributed by atoms with van der Waals surface area (Å²) in [5.41, 5.74) is 6.70. The van der Waals surface area contributed by atoms with Gasteiger partial charge in [0.05, 0.1) is 4.92 Å². The van der Waals surface area contributed by atoms with Gasteiger partial charge in [0.1, 0.15) is 0 Å². The van der Waals surface area contributed by atoms with E-state index < -0.39 is 0 Å². The van der Waals surface area contributed by atoms with E-state index in [2.05, 4.69) is 25.7 Å². The lowest BCUT2D eigenvalue weighted by Gasteiger charge is -2.30. The van der Waals surface area contributed by atoms with Gasteiger partial charge in [-0.3, -0.25) is 15.0 Å². The molecule has 0 saturated heterocycles. The van der Waals surface area contributed by atoms with E-state index in [4.69, 9.17) is 5.73 Å². The van der Waals surface area contributed by atoms with Crippen molar-refractivity contribution in [3.63, 3.8) is 0 Å². The molecule has 0 amide bonds. The summed E-state index contributed by atoms with van der Waals surface area (Å²) >= 11 is 0. The van der Waals surface area contributed by atoms with Gasteiger partial charge in [-0.2, -0.15) is 0 Å². The molecule has 1 aromatic carbocycles. The highest BCUT2D eigenvalue weighted by atomic mass is 16.6. The molecule has 0 spiro atoms. The number of benzene rings is 1. The van der Waals surface area contributed by atoms with Gasteiger partial charge in [-0.05, 0) is 18.5 Å². The molecule has 5 heteroatoms. The summed E-state index contributed by atoms with van der Waals surface area (Å²) in [6.45, 7) is 9.12. The number of nitrogens with two attached hydrogens (primary N) is 1. The maximum atomic E-state index is 11.0. The van der Waals surface area contributed by atoms with Crippen LogP contribution in [0.3, 0.4) is 0 Å². The highest BCUT2D eigenvalue weighted by Crippen LogP contribution is 2.22. The van der Waals surface area contributed by atoms with Crippen LogP contribution in [0.4, 0.5) is 5.69 Å². The SMILES string of the molecule is CCN(Cc1ccccc1[N+](=O)[O-])CC(C)(C)CN. The molecule has 0 fully saturated rings. The molecule has 0 bridgehead atoms. The van der Waals surface area contributed by atoms with Gasteiger partial charge in [-0.15, -0.1) is 0 Å². The van der Waals surface area contributed by atoms with E-state index in [9.17, 15) is 10.1 Å². The topological polar surface area (TPSA) is 72.4 Å². The van der Waals surface area contributed by atoms with E-state index in [-0.39, 0.29) is 16.0 Å². The van der Waals surface area contributed by atoms with Crippen molar-refractivity contribution in [1.29, 1.82) is 0 Å². The van der Waals surface area contributed by atoms with Crippen LogP contribution in [0.25, 0.3) is 0 Å². The smallest absolute Gasteiger partial charge is 0.273 e. The van der Waals surface area contributed by atoms with Crippen molar-refractivity contribution in [3.8, 4) is 0 Å². The molecule has 0 aliphatic carbocycles. The molecule has 0 atom stereocenters. The third kappa shape index (κ3) is 4.61. The standard InChI is InChI=1S/C14H23N3O2/c1-4-16(11-14(2,3)10-15)9-12-7-5-6-8-13(12)17(18)19/h5-8H,4,9-11,15H2,1-3H3. The van der Waals surface area contributed by atoms with Crippen molar-refractivity contribution in [3.05, 3.63) is 39.9 Å². The predicted molar refractivity (Wildman–Crippen MR) is 76.9 cm³/mol. The number of nitrogens with zero attached hydrogens (tertiary/aromatic N) is 2. The van der Waals surface area contributed by atoms with E-state index >= 15 is 0 Å². The van der Waals surface area contributed by atoms with Gasteiger partial charge >= 0.3 is 0 Å². The first-order valence-electron chi connectivity index (χ1n) is 6.54. The third-order valence-electron chi connectivity index (χ3n) is 3.23. The van der Waals surface area contributed by atoms with Gasteiger partial charge in [-0.25, -0.2) is 0 Å². The fraction of sp³-hybridized carbons (Fsp3) is 0.571. The van der Waals surface area contributed by atoms with Crippen LogP contribution in [0, 0.1) is 15.5 Å². The van der Waals surface area contributed by atoms with Gasteiger partial charge in [0.2, 0.25) is 0 Å². The van der Waals surface area contributed by atoms with Crippen LogP contribution in [0.5, 0.6) is 0 Å². The second-order valence-corrected chi connectivity index (χ2v) is 5.56. The van der Waals surface area contributed by atoms with Crippen LogP contribution in [0.2, 0.25) is 0 Å². The first-order valence-corrected chi connectivity index (χ1v) is 6.54. The van der Waals surface area contributed by atoms with E-state index in [0.29, 0.717) is 13.1 Å². The van der Waals surface area contributed by atoms with E-state index in [1.165, 1.54) is 0 Å². The zero-order valence-electron chi connectivity index (χ0n) is 11.9. The molecule has 106 valence electrons. The van der Waals surface area contributed by atoms with Gasteiger partial charge in [-0.1, -0.05) is 39.0 Å². The highest BCUT2D eigenvalue weighted by molar-refractivity contribution is 5.39. The van der Waals surface area contributed by atoms with E-state index in [0.717, 1.165) is 18.7 Å². The number of hydrogen-bond acceptors (Lipinski definition) is 4. The number of rotatable bonds is 7. The first kappa shape index (κ1) is 15.6. The molecule has 0 radical (unpaired) electrons. The molecule has 5 nitrogen and oxygen atoms in total. The van der Waals surface area contributed by atoms with Crippen LogP contribution >= 0.6 is 0 Å². The average Bonchev–Trinajstić information content (AvgIpc) is 2.38. The fourth-order valence-electron chi connectivity index (χ4n) is 2.01. The molecule has 19 heavy (non-hydrogen) atoms. The van der Waals surface area contributed by atoms with Gasteiger partial charge < -0.3 is 5.73 Å². The van der Waals surface area contributed by atoms with Gasteiger partial charge in [0, 0.05) is 24.7 Å². The first-order chi connectivity index (χ1) is 8.89. The zero-order valence-corrected chi connectivity index (χ0v) is 11.9. The molecule has 2 N–H and O–H groups in total. The molecular weight excluding hydrogens is 242 g/mol. The average molecular weight is 265 g/mol. The molecule has 1 rings (SSSR count). The Labute approximate surface area is 114 Å². The van der Waals surface area contributed by atoms with Crippen molar-refractivity contribution in [1.82, 2.24) is 4.90 Å². The normalized spacial score (nSPS) is 11.8. The minimum Gasteiger partial charge on any atom is -0.330 e. The fourth-order valence-corrected chi connectivity index (χ4v) is 2.01. The summed E-state index contributed by atoms with van der Waals surface area (Å²) in [5.74, 6) is 0. The summed E-state index contributed by atoms with van der Waals surface area (Å²) in [4.78, 5) is 12.9. The van der Waals surface area contributed by atoms with Crippen molar-refractivity contribution < 1.29 is 4.92 Å². The molecule has 0 unspecified atom stereocenters. The van der Waals surface area contributed by atoms with E-state index in [1.807, 2.05) is 12.1 Å². The third-order valence-corrected chi connectivity index (χ3v) is 3.23.